The molecule has 0 aliphatic carbocycles. The van der Waals surface area contributed by atoms with Gasteiger partial charge in [0.15, 0.2) is 0 Å². The second kappa shape index (κ2) is 8.55. The normalized spacial score (nSPS) is 12.0. The zero-order valence-corrected chi connectivity index (χ0v) is 14.4. The summed E-state index contributed by atoms with van der Waals surface area (Å²) in [5.74, 6) is 0.738. The van der Waals surface area contributed by atoms with E-state index in [4.69, 9.17) is 9.47 Å². The van der Waals surface area contributed by atoms with Crippen molar-refractivity contribution in [3.8, 4) is 17.6 Å². The smallest absolute Gasteiger partial charge is 0.262 e. The average Bonchev–Trinajstić information content (AvgIpc) is 2.66. The molecule has 25 heavy (non-hydrogen) atoms. The summed E-state index contributed by atoms with van der Waals surface area (Å²) in [5, 5.41) is 12.2. The van der Waals surface area contributed by atoms with Crippen molar-refractivity contribution in [2.24, 2.45) is 0 Å². The van der Waals surface area contributed by atoms with Gasteiger partial charge in [-0.3, -0.25) is 4.79 Å². The van der Waals surface area contributed by atoms with Crippen molar-refractivity contribution in [1.29, 1.82) is 5.26 Å². The first-order valence-electron chi connectivity index (χ1n) is 7.78. The van der Waals surface area contributed by atoms with Crippen molar-refractivity contribution in [2.45, 2.75) is 13.0 Å². The van der Waals surface area contributed by atoms with Gasteiger partial charge in [0.2, 0.25) is 0 Å². The van der Waals surface area contributed by atoms with Gasteiger partial charge in [0.05, 0.1) is 20.3 Å². The molecule has 2 rings (SSSR count). The predicted octanol–water partition coefficient (Wildman–Crippen LogP) is 3.49. The van der Waals surface area contributed by atoms with Gasteiger partial charge in [0.25, 0.3) is 5.91 Å². The number of rotatable bonds is 6. The molecule has 2 aromatic rings. The zero-order valence-electron chi connectivity index (χ0n) is 14.4. The molecule has 1 atom stereocenters. The number of carbonyl (C=O) groups is 1. The number of amides is 1. The molecule has 5 nitrogen and oxygen atoms in total. The number of nitriles is 1. The van der Waals surface area contributed by atoms with Crippen LogP contribution < -0.4 is 14.8 Å². The summed E-state index contributed by atoms with van der Waals surface area (Å²) in [6.45, 7) is 1.87. The van der Waals surface area contributed by atoms with Crippen LogP contribution in [0.4, 0.5) is 0 Å². The fourth-order valence-electron chi connectivity index (χ4n) is 2.33. The van der Waals surface area contributed by atoms with Crippen molar-refractivity contribution >= 4 is 12.0 Å². The molecule has 0 unspecified atom stereocenters. The lowest BCUT2D eigenvalue weighted by Crippen LogP contribution is -2.27. The maximum atomic E-state index is 12.4. The van der Waals surface area contributed by atoms with E-state index in [1.165, 1.54) is 6.08 Å². The molecule has 1 N–H and O–H groups in total. The van der Waals surface area contributed by atoms with E-state index in [2.05, 4.69) is 5.32 Å². The highest BCUT2D eigenvalue weighted by Crippen LogP contribution is 2.24. The molecule has 0 saturated heterocycles. The lowest BCUT2D eigenvalue weighted by atomic mass is 10.1. The summed E-state index contributed by atoms with van der Waals surface area (Å²) >= 11 is 0. The Hall–Kier alpha value is -3.26. The third-order valence-electron chi connectivity index (χ3n) is 3.70. The number of ether oxygens (including phenoxy) is 2. The number of methoxy groups -OCH3 is 2. The molecule has 0 bridgehead atoms. The first-order chi connectivity index (χ1) is 12.1. The Labute approximate surface area is 147 Å². The SMILES string of the molecule is COc1cc(C=C(C#N)C(=O)N[C@@H](C)c2ccccc2)cc(OC)c1. The van der Waals surface area contributed by atoms with Crippen LogP contribution in [0.15, 0.2) is 54.1 Å². The molecule has 0 spiro atoms. The molecular weight excluding hydrogens is 316 g/mol. The van der Waals surface area contributed by atoms with Gasteiger partial charge in [-0.1, -0.05) is 30.3 Å². The van der Waals surface area contributed by atoms with E-state index in [1.54, 1.807) is 32.4 Å². The van der Waals surface area contributed by atoms with E-state index in [0.29, 0.717) is 17.1 Å². The van der Waals surface area contributed by atoms with Crippen LogP contribution >= 0.6 is 0 Å². The van der Waals surface area contributed by atoms with Gasteiger partial charge in [-0.15, -0.1) is 0 Å². The minimum Gasteiger partial charge on any atom is -0.497 e. The van der Waals surface area contributed by atoms with Crippen molar-refractivity contribution in [3.05, 3.63) is 65.2 Å². The number of nitrogens with one attached hydrogen (secondary N) is 1. The van der Waals surface area contributed by atoms with E-state index in [9.17, 15) is 10.1 Å². The largest absolute Gasteiger partial charge is 0.497 e. The molecule has 0 heterocycles. The van der Waals surface area contributed by atoms with E-state index in [1.807, 2.05) is 43.3 Å². The Kier molecular flexibility index (Phi) is 6.19. The first kappa shape index (κ1) is 18.1. The van der Waals surface area contributed by atoms with Crippen LogP contribution in [0.2, 0.25) is 0 Å². The maximum absolute atomic E-state index is 12.4. The molecule has 5 heteroatoms. The second-order valence-electron chi connectivity index (χ2n) is 5.42. The number of hydrogen-bond donors (Lipinski definition) is 1. The van der Waals surface area contributed by atoms with Gasteiger partial charge in [0.1, 0.15) is 23.1 Å². The van der Waals surface area contributed by atoms with Crippen LogP contribution in [-0.2, 0) is 4.79 Å². The number of carbonyl (C=O) groups excluding carboxylic acids is 1. The third-order valence-corrected chi connectivity index (χ3v) is 3.70. The molecule has 0 radical (unpaired) electrons. The summed E-state index contributed by atoms with van der Waals surface area (Å²) < 4.78 is 10.4. The zero-order chi connectivity index (χ0) is 18.2. The quantitative estimate of drug-likeness (QED) is 0.647. The molecular formula is C20H20N2O3. The van der Waals surface area contributed by atoms with Crippen molar-refractivity contribution in [1.82, 2.24) is 5.32 Å². The summed E-state index contributed by atoms with van der Waals surface area (Å²) in [7, 11) is 3.09. The van der Waals surface area contributed by atoms with Gasteiger partial charge < -0.3 is 14.8 Å². The Morgan fingerprint density at radius 3 is 2.24 bits per heavy atom. The van der Waals surface area contributed by atoms with E-state index >= 15 is 0 Å². The minimum absolute atomic E-state index is 0.0121. The molecule has 0 aromatic heterocycles. The van der Waals surface area contributed by atoms with Crippen molar-refractivity contribution < 1.29 is 14.3 Å². The standard InChI is InChI=1S/C20H20N2O3/c1-14(16-7-5-4-6-8-16)22-20(23)17(13-21)9-15-10-18(24-2)12-19(11-15)25-3/h4-12,14H,1-3H3,(H,22,23)/t14-/m0/s1. The fourth-order valence-corrected chi connectivity index (χ4v) is 2.33. The molecule has 0 fully saturated rings. The summed E-state index contributed by atoms with van der Waals surface area (Å²) in [5.41, 5.74) is 1.63. The highest BCUT2D eigenvalue weighted by Gasteiger charge is 2.14. The number of benzene rings is 2. The van der Waals surface area contributed by atoms with Gasteiger partial charge in [-0.2, -0.15) is 5.26 Å². The van der Waals surface area contributed by atoms with Crippen molar-refractivity contribution in [3.63, 3.8) is 0 Å². The number of nitrogens with zero attached hydrogens (tertiary/aromatic N) is 1. The van der Waals surface area contributed by atoms with Crippen LogP contribution in [0.1, 0.15) is 24.1 Å². The molecule has 2 aromatic carbocycles. The Morgan fingerprint density at radius 1 is 1.12 bits per heavy atom. The van der Waals surface area contributed by atoms with Gasteiger partial charge in [0, 0.05) is 6.07 Å². The lowest BCUT2D eigenvalue weighted by Gasteiger charge is -2.14. The summed E-state index contributed by atoms with van der Waals surface area (Å²) in [4.78, 5) is 12.4. The van der Waals surface area contributed by atoms with Crippen LogP contribution in [0.3, 0.4) is 0 Å². The minimum atomic E-state index is -0.430. The molecule has 0 aliphatic rings. The Balaban J connectivity index is 2.22. The predicted molar refractivity (Wildman–Crippen MR) is 96.1 cm³/mol. The Morgan fingerprint density at radius 2 is 1.72 bits per heavy atom. The lowest BCUT2D eigenvalue weighted by molar-refractivity contribution is -0.117. The van der Waals surface area contributed by atoms with E-state index in [-0.39, 0.29) is 11.6 Å². The molecule has 0 aliphatic heterocycles. The molecule has 0 saturated carbocycles. The number of hydrogen-bond acceptors (Lipinski definition) is 4. The van der Waals surface area contributed by atoms with Gasteiger partial charge >= 0.3 is 0 Å². The monoisotopic (exact) mass is 336 g/mol. The van der Waals surface area contributed by atoms with E-state index in [0.717, 1.165) is 5.56 Å². The van der Waals surface area contributed by atoms with Crippen LogP contribution in [0.5, 0.6) is 11.5 Å². The average molecular weight is 336 g/mol. The molecule has 1 amide bonds. The fraction of sp³-hybridized carbons (Fsp3) is 0.200. The highest BCUT2D eigenvalue weighted by atomic mass is 16.5. The van der Waals surface area contributed by atoms with Gasteiger partial charge in [-0.25, -0.2) is 0 Å². The summed E-state index contributed by atoms with van der Waals surface area (Å²) in [6.07, 6.45) is 1.51. The topological polar surface area (TPSA) is 71.3 Å². The summed E-state index contributed by atoms with van der Waals surface area (Å²) in [6, 6.07) is 16.5. The van der Waals surface area contributed by atoms with Crippen LogP contribution in [0.25, 0.3) is 6.08 Å². The second-order valence-corrected chi connectivity index (χ2v) is 5.42. The van der Waals surface area contributed by atoms with E-state index < -0.39 is 5.91 Å². The Bertz CT molecular complexity index is 785. The van der Waals surface area contributed by atoms with Gasteiger partial charge in [-0.05, 0) is 36.3 Å². The first-order valence-corrected chi connectivity index (χ1v) is 7.78. The van der Waals surface area contributed by atoms with Crippen molar-refractivity contribution in [2.75, 3.05) is 14.2 Å². The highest BCUT2D eigenvalue weighted by molar-refractivity contribution is 6.01. The van der Waals surface area contributed by atoms with Crippen LogP contribution in [-0.4, -0.2) is 20.1 Å². The third kappa shape index (κ3) is 4.85. The van der Waals surface area contributed by atoms with Crippen LogP contribution in [0, 0.1) is 11.3 Å². The molecule has 128 valence electrons. The maximum Gasteiger partial charge on any atom is 0.262 e.